The number of aromatic hydroxyl groups is 1. The van der Waals surface area contributed by atoms with Gasteiger partial charge in [-0.15, -0.1) is 0 Å². The number of ether oxygens (including phenoxy) is 2. The lowest BCUT2D eigenvalue weighted by Gasteiger charge is -2.26. The Bertz CT molecular complexity index is 852. The lowest BCUT2D eigenvalue weighted by molar-refractivity contribution is 0.217. The van der Waals surface area contributed by atoms with Gasteiger partial charge in [-0.05, 0) is 24.4 Å². The van der Waals surface area contributed by atoms with Crippen molar-refractivity contribution in [1.82, 2.24) is 0 Å². The minimum atomic E-state index is -0.0625. The highest BCUT2D eigenvalue weighted by atomic mass is 16.5. The van der Waals surface area contributed by atoms with E-state index in [1.54, 1.807) is 13.2 Å². The molecule has 0 aromatic heterocycles. The molecule has 3 heteroatoms. The molecule has 0 fully saturated rings. The molecule has 20 heavy (non-hydrogen) atoms. The lowest BCUT2D eigenvalue weighted by atomic mass is 9.92. The predicted molar refractivity (Wildman–Crippen MR) is 78.7 cm³/mol. The van der Waals surface area contributed by atoms with E-state index in [4.69, 9.17) is 9.47 Å². The van der Waals surface area contributed by atoms with Crippen LogP contribution < -0.4 is 9.47 Å². The molecule has 0 aliphatic carbocycles. The van der Waals surface area contributed by atoms with Crippen LogP contribution in [0.5, 0.6) is 17.2 Å². The molecule has 1 heterocycles. The van der Waals surface area contributed by atoms with E-state index >= 15 is 0 Å². The Morgan fingerprint density at radius 1 is 1.05 bits per heavy atom. The van der Waals surface area contributed by atoms with Crippen LogP contribution in [0.3, 0.4) is 0 Å². The van der Waals surface area contributed by atoms with E-state index < -0.39 is 0 Å². The zero-order valence-electron chi connectivity index (χ0n) is 11.3. The lowest BCUT2D eigenvalue weighted by Crippen LogP contribution is -2.09. The predicted octanol–water partition coefficient (Wildman–Crippen LogP) is 4.16. The van der Waals surface area contributed by atoms with Gasteiger partial charge in [-0.3, -0.25) is 0 Å². The molecule has 100 valence electrons. The van der Waals surface area contributed by atoms with E-state index in [2.05, 4.69) is 0 Å². The van der Waals surface area contributed by atoms with E-state index in [1.165, 1.54) is 0 Å². The Morgan fingerprint density at radius 3 is 2.65 bits per heavy atom. The normalized spacial score (nSPS) is 16.6. The number of hydrogen-bond acceptors (Lipinski definition) is 3. The van der Waals surface area contributed by atoms with E-state index in [0.29, 0.717) is 5.75 Å². The molecule has 3 aromatic rings. The van der Waals surface area contributed by atoms with E-state index in [-0.39, 0.29) is 6.10 Å². The summed E-state index contributed by atoms with van der Waals surface area (Å²) in [7, 11) is 1.64. The van der Waals surface area contributed by atoms with Gasteiger partial charge in [0.05, 0.1) is 7.11 Å². The summed E-state index contributed by atoms with van der Waals surface area (Å²) < 4.78 is 11.5. The van der Waals surface area contributed by atoms with Crippen molar-refractivity contribution in [3.05, 3.63) is 42.0 Å². The maximum absolute atomic E-state index is 10.1. The fourth-order valence-corrected chi connectivity index (χ4v) is 3.08. The number of phenols is 1. The van der Waals surface area contributed by atoms with Gasteiger partial charge < -0.3 is 14.6 Å². The highest BCUT2D eigenvalue weighted by molar-refractivity contribution is 6.15. The monoisotopic (exact) mass is 266 g/mol. The number of methoxy groups -OCH3 is 1. The molecule has 3 aromatic carbocycles. The molecule has 0 amide bonds. The average molecular weight is 266 g/mol. The Morgan fingerprint density at radius 2 is 1.85 bits per heavy atom. The van der Waals surface area contributed by atoms with Gasteiger partial charge in [0.15, 0.2) is 11.5 Å². The Balaban J connectivity index is 2.32. The average Bonchev–Trinajstić information content (AvgIpc) is 2.47. The van der Waals surface area contributed by atoms with Gasteiger partial charge in [0.1, 0.15) is 11.9 Å². The largest absolute Gasteiger partial charge is 0.507 e. The van der Waals surface area contributed by atoms with Crippen molar-refractivity contribution in [3.63, 3.8) is 0 Å². The molecule has 4 rings (SSSR count). The molecule has 1 aliphatic heterocycles. The van der Waals surface area contributed by atoms with E-state index in [1.807, 2.05) is 37.3 Å². The van der Waals surface area contributed by atoms with Crippen LogP contribution in [-0.2, 0) is 0 Å². The van der Waals surface area contributed by atoms with Crippen molar-refractivity contribution in [3.8, 4) is 17.2 Å². The third-order valence-corrected chi connectivity index (χ3v) is 4.04. The number of benzene rings is 3. The van der Waals surface area contributed by atoms with Crippen molar-refractivity contribution in [1.29, 1.82) is 0 Å². The highest BCUT2D eigenvalue weighted by Crippen LogP contribution is 2.48. The van der Waals surface area contributed by atoms with Gasteiger partial charge in [-0.25, -0.2) is 0 Å². The minimum absolute atomic E-state index is 0.0625. The van der Waals surface area contributed by atoms with Gasteiger partial charge in [-0.1, -0.05) is 24.3 Å². The molecular weight excluding hydrogens is 252 g/mol. The second kappa shape index (κ2) is 3.79. The quantitative estimate of drug-likeness (QED) is 0.672. The first-order valence-corrected chi connectivity index (χ1v) is 6.62. The molecule has 1 aliphatic rings. The van der Waals surface area contributed by atoms with Gasteiger partial charge in [0.25, 0.3) is 0 Å². The smallest absolute Gasteiger partial charge is 0.170 e. The highest BCUT2D eigenvalue weighted by Gasteiger charge is 2.25. The summed E-state index contributed by atoms with van der Waals surface area (Å²) in [6, 6.07) is 11.6. The van der Waals surface area contributed by atoms with Gasteiger partial charge in [0, 0.05) is 21.7 Å². The van der Waals surface area contributed by atoms with Gasteiger partial charge >= 0.3 is 0 Å². The fourth-order valence-electron chi connectivity index (χ4n) is 3.08. The van der Waals surface area contributed by atoms with Crippen LogP contribution in [0, 0.1) is 0 Å². The molecule has 0 spiro atoms. The number of hydrogen-bond donors (Lipinski definition) is 1. The van der Waals surface area contributed by atoms with Crippen molar-refractivity contribution < 1.29 is 14.6 Å². The van der Waals surface area contributed by atoms with Crippen molar-refractivity contribution in [2.75, 3.05) is 7.11 Å². The Kier molecular flexibility index (Phi) is 2.16. The van der Waals surface area contributed by atoms with Gasteiger partial charge in [-0.2, -0.15) is 0 Å². The molecule has 0 bridgehead atoms. The van der Waals surface area contributed by atoms with Crippen LogP contribution >= 0.6 is 0 Å². The summed E-state index contributed by atoms with van der Waals surface area (Å²) in [5, 5.41) is 14.1. The first kappa shape index (κ1) is 11.4. The summed E-state index contributed by atoms with van der Waals surface area (Å²) >= 11 is 0. The second-order valence-electron chi connectivity index (χ2n) is 5.12. The summed E-state index contributed by atoms with van der Waals surface area (Å²) in [6.07, 6.45) is -0.0625. The maximum Gasteiger partial charge on any atom is 0.170 e. The molecule has 0 radical (unpaired) electrons. The van der Waals surface area contributed by atoms with E-state index in [9.17, 15) is 5.11 Å². The topological polar surface area (TPSA) is 38.7 Å². The first-order valence-electron chi connectivity index (χ1n) is 6.62. The summed E-state index contributed by atoms with van der Waals surface area (Å²) in [5.41, 5.74) is 1.10. The van der Waals surface area contributed by atoms with Crippen LogP contribution in [0.4, 0.5) is 0 Å². The van der Waals surface area contributed by atoms with Gasteiger partial charge in [0.2, 0.25) is 0 Å². The fraction of sp³-hybridized carbons (Fsp3) is 0.176. The van der Waals surface area contributed by atoms with Crippen molar-refractivity contribution in [2.24, 2.45) is 0 Å². The van der Waals surface area contributed by atoms with E-state index in [0.717, 1.165) is 38.6 Å². The van der Waals surface area contributed by atoms with Crippen LogP contribution in [0.1, 0.15) is 18.6 Å². The molecular formula is C17H14O3. The molecule has 0 unspecified atom stereocenters. The molecule has 0 saturated heterocycles. The van der Waals surface area contributed by atoms with Crippen LogP contribution in [0.2, 0.25) is 0 Å². The third-order valence-electron chi connectivity index (χ3n) is 4.04. The molecule has 1 atom stereocenters. The SMILES string of the molecule is COc1ccc2ccc3c(O)ccc4c3c2c1O[C@H]4C. The molecule has 3 nitrogen and oxygen atoms in total. The first-order chi connectivity index (χ1) is 9.70. The Labute approximate surface area is 116 Å². The maximum atomic E-state index is 10.1. The zero-order chi connectivity index (χ0) is 13.9. The Hall–Kier alpha value is -2.42. The second-order valence-corrected chi connectivity index (χ2v) is 5.12. The summed E-state index contributed by atoms with van der Waals surface area (Å²) in [5.74, 6) is 1.79. The molecule has 1 N–H and O–H groups in total. The van der Waals surface area contributed by atoms with Crippen molar-refractivity contribution in [2.45, 2.75) is 13.0 Å². The third kappa shape index (κ3) is 1.29. The van der Waals surface area contributed by atoms with Crippen LogP contribution in [-0.4, -0.2) is 12.2 Å². The molecule has 0 saturated carbocycles. The minimum Gasteiger partial charge on any atom is -0.507 e. The van der Waals surface area contributed by atoms with Crippen LogP contribution in [0.25, 0.3) is 21.5 Å². The standard InChI is InChI=1S/C17H14O3/c1-9-11-6-7-13(18)12-5-3-10-4-8-14(19-2)17(20-9)15(10)16(11)12/h3-9,18H,1-2H3/t9-/m0/s1. The summed E-state index contributed by atoms with van der Waals surface area (Å²) in [6.45, 7) is 2.01. The number of phenolic OH excluding ortho intramolecular Hbond substituents is 1. The zero-order valence-corrected chi connectivity index (χ0v) is 11.3. The van der Waals surface area contributed by atoms with Crippen molar-refractivity contribution >= 4 is 21.5 Å². The van der Waals surface area contributed by atoms with Crippen LogP contribution in [0.15, 0.2) is 36.4 Å². The summed E-state index contributed by atoms with van der Waals surface area (Å²) in [4.78, 5) is 0. The number of rotatable bonds is 1.